The van der Waals surface area contributed by atoms with Crippen LogP contribution in [0.3, 0.4) is 0 Å². The highest BCUT2D eigenvalue weighted by Crippen LogP contribution is 2.23. The van der Waals surface area contributed by atoms with E-state index in [0.717, 1.165) is 0 Å². The Kier molecular flexibility index (Phi) is 2.53. The number of nitrogens with two attached hydrogens (primary N) is 1. The number of alkyl halides is 2. The van der Waals surface area contributed by atoms with Crippen LogP contribution in [0.2, 0.25) is 0 Å². The molecule has 2 aromatic heterocycles. The number of halogens is 2. The SMILES string of the molecule is NNC(=O)c1c(C(F)F)nc2ccccn12. The number of carbonyl (C=O) groups is 1. The van der Waals surface area contributed by atoms with Gasteiger partial charge in [0.15, 0.2) is 0 Å². The topological polar surface area (TPSA) is 72.4 Å². The van der Waals surface area contributed by atoms with Crippen LogP contribution in [0.4, 0.5) is 8.78 Å². The van der Waals surface area contributed by atoms with E-state index < -0.39 is 18.0 Å². The van der Waals surface area contributed by atoms with E-state index in [4.69, 9.17) is 5.84 Å². The summed E-state index contributed by atoms with van der Waals surface area (Å²) in [5.74, 6) is 4.14. The minimum absolute atomic E-state index is 0.242. The number of hydrogen-bond acceptors (Lipinski definition) is 3. The fourth-order valence-corrected chi connectivity index (χ4v) is 1.46. The van der Waals surface area contributed by atoms with Crippen LogP contribution in [0.25, 0.3) is 5.65 Å². The van der Waals surface area contributed by atoms with Gasteiger partial charge in [0.25, 0.3) is 12.3 Å². The molecule has 16 heavy (non-hydrogen) atoms. The van der Waals surface area contributed by atoms with Gasteiger partial charge in [-0.25, -0.2) is 19.6 Å². The number of rotatable bonds is 2. The largest absolute Gasteiger partial charge is 0.295 e. The molecule has 0 atom stereocenters. The van der Waals surface area contributed by atoms with E-state index >= 15 is 0 Å². The molecule has 7 heteroatoms. The summed E-state index contributed by atoms with van der Waals surface area (Å²) in [5.41, 5.74) is 1.28. The third-order valence-corrected chi connectivity index (χ3v) is 2.11. The van der Waals surface area contributed by atoms with Crippen LogP contribution in [0.1, 0.15) is 22.6 Å². The van der Waals surface area contributed by atoms with Crippen molar-refractivity contribution in [2.24, 2.45) is 5.84 Å². The molecule has 84 valence electrons. The zero-order chi connectivity index (χ0) is 11.7. The summed E-state index contributed by atoms with van der Waals surface area (Å²) < 4.78 is 26.6. The van der Waals surface area contributed by atoms with Gasteiger partial charge >= 0.3 is 0 Å². The second kappa shape index (κ2) is 3.86. The monoisotopic (exact) mass is 226 g/mol. The van der Waals surface area contributed by atoms with Gasteiger partial charge in [0.2, 0.25) is 0 Å². The van der Waals surface area contributed by atoms with Gasteiger partial charge in [-0.3, -0.25) is 14.6 Å². The second-order valence-electron chi connectivity index (χ2n) is 3.05. The van der Waals surface area contributed by atoms with Crippen LogP contribution >= 0.6 is 0 Å². The second-order valence-corrected chi connectivity index (χ2v) is 3.05. The molecule has 0 fully saturated rings. The van der Waals surface area contributed by atoms with Crippen molar-refractivity contribution < 1.29 is 13.6 Å². The molecular weight excluding hydrogens is 218 g/mol. The van der Waals surface area contributed by atoms with E-state index in [1.165, 1.54) is 16.7 Å². The number of carbonyl (C=O) groups excluding carboxylic acids is 1. The highest BCUT2D eigenvalue weighted by molar-refractivity contribution is 5.94. The number of hydrazine groups is 1. The van der Waals surface area contributed by atoms with Gasteiger partial charge in [0.05, 0.1) is 0 Å². The number of hydrogen-bond donors (Lipinski definition) is 2. The van der Waals surface area contributed by atoms with Gasteiger partial charge in [0.1, 0.15) is 17.0 Å². The molecular formula is C9H8F2N4O. The lowest BCUT2D eigenvalue weighted by Gasteiger charge is -2.01. The zero-order valence-corrected chi connectivity index (χ0v) is 8.02. The maximum absolute atomic E-state index is 12.7. The Morgan fingerprint density at radius 3 is 2.88 bits per heavy atom. The minimum atomic E-state index is -2.83. The number of nitrogens with one attached hydrogen (secondary N) is 1. The predicted molar refractivity (Wildman–Crippen MR) is 51.8 cm³/mol. The molecule has 2 aromatic rings. The van der Waals surface area contributed by atoms with Crippen LogP contribution in [0, 0.1) is 0 Å². The van der Waals surface area contributed by atoms with E-state index in [-0.39, 0.29) is 11.3 Å². The summed E-state index contributed by atoms with van der Waals surface area (Å²) >= 11 is 0. The van der Waals surface area contributed by atoms with E-state index in [0.29, 0.717) is 0 Å². The molecule has 0 aliphatic rings. The number of imidazole rings is 1. The molecule has 5 nitrogen and oxygen atoms in total. The van der Waals surface area contributed by atoms with Crippen LogP contribution in [0.15, 0.2) is 24.4 Å². The first kappa shape index (κ1) is 10.5. The Hall–Kier alpha value is -2.02. The number of nitrogen functional groups attached to an aromatic ring is 1. The third-order valence-electron chi connectivity index (χ3n) is 2.11. The van der Waals surface area contributed by atoms with E-state index in [2.05, 4.69) is 4.98 Å². The van der Waals surface area contributed by atoms with Crippen molar-refractivity contribution in [3.05, 3.63) is 35.8 Å². The first-order valence-electron chi connectivity index (χ1n) is 4.41. The summed E-state index contributed by atoms with van der Waals surface area (Å²) in [6.45, 7) is 0. The van der Waals surface area contributed by atoms with E-state index in [1.54, 1.807) is 12.1 Å². The Morgan fingerprint density at radius 2 is 2.25 bits per heavy atom. The highest BCUT2D eigenvalue weighted by atomic mass is 19.3. The lowest BCUT2D eigenvalue weighted by atomic mass is 10.3. The van der Waals surface area contributed by atoms with Crippen molar-refractivity contribution in [3.63, 3.8) is 0 Å². The van der Waals surface area contributed by atoms with Crippen molar-refractivity contribution >= 4 is 11.6 Å². The maximum atomic E-state index is 12.7. The van der Waals surface area contributed by atoms with Crippen LogP contribution in [-0.2, 0) is 0 Å². The molecule has 0 spiro atoms. The summed E-state index contributed by atoms with van der Waals surface area (Å²) in [6, 6.07) is 4.78. The van der Waals surface area contributed by atoms with E-state index in [9.17, 15) is 13.6 Å². The highest BCUT2D eigenvalue weighted by Gasteiger charge is 2.24. The van der Waals surface area contributed by atoms with Gasteiger partial charge in [-0.2, -0.15) is 0 Å². The average molecular weight is 226 g/mol. The molecule has 0 unspecified atom stereocenters. The molecule has 0 saturated carbocycles. The van der Waals surface area contributed by atoms with Gasteiger partial charge < -0.3 is 0 Å². The Balaban J connectivity index is 2.74. The third kappa shape index (κ3) is 1.50. The normalized spacial score (nSPS) is 11.0. The van der Waals surface area contributed by atoms with Crippen molar-refractivity contribution in [2.75, 3.05) is 0 Å². The van der Waals surface area contributed by atoms with Crippen molar-refractivity contribution in [1.82, 2.24) is 14.8 Å². The Bertz CT molecular complexity index is 537. The number of pyridine rings is 1. The smallest absolute Gasteiger partial charge is 0.284 e. The zero-order valence-electron chi connectivity index (χ0n) is 8.02. The van der Waals surface area contributed by atoms with Gasteiger partial charge in [-0.05, 0) is 12.1 Å². The number of aromatic nitrogens is 2. The molecule has 0 saturated heterocycles. The molecule has 0 aliphatic heterocycles. The molecule has 0 radical (unpaired) electrons. The van der Waals surface area contributed by atoms with Crippen molar-refractivity contribution in [2.45, 2.75) is 6.43 Å². The molecule has 3 N–H and O–H groups in total. The molecule has 1 amide bonds. The Labute approximate surface area is 88.9 Å². The molecule has 0 aliphatic carbocycles. The minimum Gasteiger partial charge on any atom is -0.295 e. The molecule has 0 aromatic carbocycles. The predicted octanol–water partition coefficient (Wildman–Crippen LogP) is 0.875. The van der Waals surface area contributed by atoms with E-state index in [1.807, 2.05) is 5.43 Å². The summed E-state index contributed by atoms with van der Waals surface area (Å²) in [6.07, 6.45) is -1.36. The van der Waals surface area contributed by atoms with Gasteiger partial charge in [-0.15, -0.1) is 0 Å². The van der Waals surface area contributed by atoms with Crippen molar-refractivity contribution in [3.8, 4) is 0 Å². The lowest BCUT2D eigenvalue weighted by Crippen LogP contribution is -2.31. The first-order chi connectivity index (χ1) is 7.65. The molecule has 0 bridgehead atoms. The fourth-order valence-electron chi connectivity index (χ4n) is 1.46. The van der Waals surface area contributed by atoms with Crippen LogP contribution in [0.5, 0.6) is 0 Å². The van der Waals surface area contributed by atoms with Crippen LogP contribution in [-0.4, -0.2) is 15.3 Å². The number of fused-ring (bicyclic) bond motifs is 1. The van der Waals surface area contributed by atoms with Gasteiger partial charge in [0, 0.05) is 6.20 Å². The van der Waals surface area contributed by atoms with Crippen LogP contribution < -0.4 is 11.3 Å². The summed E-state index contributed by atoms with van der Waals surface area (Å²) in [4.78, 5) is 15.1. The molecule has 2 heterocycles. The lowest BCUT2D eigenvalue weighted by molar-refractivity contribution is 0.0932. The van der Waals surface area contributed by atoms with Crippen molar-refractivity contribution in [1.29, 1.82) is 0 Å². The maximum Gasteiger partial charge on any atom is 0.284 e. The summed E-state index contributed by atoms with van der Waals surface area (Å²) in [5, 5.41) is 0. The van der Waals surface area contributed by atoms with Gasteiger partial charge in [-0.1, -0.05) is 6.07 Å². The average Bonchev–Trinajstić information content (AvgIpc) is 2.67. The standard InChI is InChI=1S/C9H8F2N4O/c10-8(11)6-7(9(16)14-12)15-4-2-1-3-5(15)13-6/h1-4,8H,12H2,(H,14,16). The summed E-state index contributed by atoms with van der Waals surface area (Å²) in [7, 11) is 0. The molecule has 2 rings (SSSR count). The fraction of sp³-hybridized carbons (Fsp3) is 0.111. The first-order valence-corrected chi connectivity index (χ1v) is 4.41. The Morgan fingerprint density at radius 1 is 1.50 bits per heavy atom. The quantitative estimate of drug-likeness (QED) is 0.453. The number of amides is 1. The number of nitrogens with zero attached hydrogens (tertiary/aromatic N) is 2.